The Hall–Kier alpha value is 0.370. The van der Waals surface area contributed by atoms with E-state index in [9.17, 15) is 4.39 Å². The predicted molar refractivity (Wildman–Crippen MR) is 30.2 cm³/mol. The molecule has 1 aliphatic rings. The van der Waals surface area contributed by atoms with Gasteiger partial charge in [-0.15, -0.1) is 0 Å². The van der Waals surface area contributed by atoms with Gasteiger partial charge in [0.2, 0.25) is 0 Å². The van der Waals surface area contributed by atoms with Crippen molar-refractivity contribution >= 4 is 15.9 Å². The number of halogens is 2. The molecule has 1 aliphatic heterocycles. The molecule has 3 heteroatoms. The van der Waals surface area contributed by atoms with Crippen LogP contribution in [0.3, 0.4) is 0 Å². The van der Waals surface area contributed by atoms with E-state index in [4.69, 9.17) is 0 Å². The molecular formula is C4H7BrFN. The van der Waals surface area contributed by atoms with E-state index < -0.39 is 6.17 Å². The van der Waals surface area contributed by atoms with Crippen molar-refractivity contribution in [2.75, 3.05) is 6.54 Å². The van der Waals surface area contributed by atoms with Gasteiger partial charge in [-0.1, -0.05) is 15.9 Å². The normalized spacial score (nSPS) is 42.0. The van der Waals surface area contributed by atoms with Crippen molar-refractivity contribution in [2.24, 2.45) is 0 Å². The highest BCUT2D eigenvalue weighted by molar-refractivity contribution is 9.09. The van der Waals surface area contributed by atoms with Crippen molar-refractivity contribution < 1.29 is 4.39 Å². The quantitative estimate of drug-likeness (QED) is 0.420. The van der Waals surface area contributed by atoms with E-state index >= 15 is 0 Å². The molecule has 1 nitrogen and oxygen atoms in total. The van der Waals surface area contributed by atoms with Crippen LogP contribution in [0.1, 0.15) is 6.42 Å². The summed E-state index contributed by atoms with van der Waals surface area (Å²) in [6, 6.07) is 0. The highest BCUT2D eigenvalue weighted by Gasteiger charge is 2.19. The Morgan fingerprint density at radius 3 is 2.57 bits per heavy atom. The van der Waals surface area contributed by atoms with Crippen LogP contribution in [0.25, 0.3) is 0 Å². The maximum atomic E-state index is 12.1. The number of hydrogen-bond acceptors (Lipinski definition) is 1. The summed E-state index contributed by atoms with van der Waals surface area (Å²) in [6.45, 7) is 0.510. The lowest BCUT2D eigenvalue weighted by atomic mass is 10.3. The Bertz CT molecular complexity index is 60.7. The molecule has 0 bridgehead atoms. The monoisotopic (exact) mass is 167 g/mol. The molecule has 1 saturated heterocycles. The highest BCUT2D eigenvalue weighted by Crippen LogP contribution is 2.13. The van der Waals surface area contributed by atoms with Gasteiger partial charge in [0.15, 0.2) is 0 Å². The van der Waals surface area contributed by atoms with Crippen molar-refractivity contribution in [1.29, 1.82) is 0 Å². The number of rotatable bonds is 0. The summed E-state index contributed by atoms with van der Waals surface area (Å²) in [5, 5.41) is 2.91. The zero-order valence-corrected chi connectivity index (χ0v) is 5.41. The average Bonchev–Trinajstić information content (AvgIpc) is 1.87. The predicted octanol–water partition coefficient (Wildman–Crippen LogP) is 1.04. The minimum atomic E-state index is -0.635. The maximum absolute atomic E-state index is 12.1. The third kappa shape index (κ3) is 1.39. The van der Waals surface area contributed by atoms with Crippen LogP contribution in [0.4, 0.5) is 4.39 Å². The second-order valence-electron chi connectivity index (χ2n) is 1.71. The first-order valence-electron chi connectivity index (χ1n) is 2.30. The summed E-state index contributed by atoms with van der Waals surface area (Å²) in [7, 11) is 0. The SMILES string of the molecule is FC1CNC(Br)C1. The molecule has 0 aliphatic carbocycles. The Morgan fingerprint density at radius 1 is 1.71 bits per heavy atom. The maximum Gasteiger partial charge on any atom is 0.115 e. The molecular weight excluding hydrogens is 161 g/mol. The van der Waals surface area contributed by atoms with Crippen LogP contribution in [0.15, 0.2) is 0 Å². The van der Waals surface area contributed by atoms with Crippen molar-refractivity contribution in [3.8, 4) is 0 Å². The summed E-state index contributed by atoms with van der Waals surface area (Å²) in [5.74, 6) is 0. The van der Waals surface area contributed by atoms with Gasteiger partial charge in [0.25, 0.3) is 0 Å². The zero-order chi connectivity index (χ0) is 5.28. The van der Waals surface area contributed by atoms with E-state index in [2.05, 4.69) is 21.2 Å². The molecule has 0 spiro atoms. The van der Waals surface area contributed by atoms with Gasteiger partial charge in [0, 0.05) is 13.0 Å². The summed E-state index contributed by atoms with van der Waals surface area (Å²) >= 11 is 3.23. The molecule has 2 unspecified atom stereocenters. The molecule has 0 saturated carbocycles. The van der Waals surface area contributed by atoms with Crippen LogP contribution in [0.5, 0.6) is 0 Å². The number of hydrogen-bond donors (Lipinski definition) is 1. The minimum absolute atomic E-state index is 0.211. The summed E-state index contributed by atoms with van der Waals surface area (Å²) in [6.07, 6.45) is -0.0237. The van der Waals surface area contributed by atoms with Gasteiger partial charge in [0.1, 0.15) is 6.17 Å². The average molecular weight is 168 g/mol. The number of alkyl halides is 2. The second-order valence-corrected chi connectivity index (χ2v) is 2.81. The molecule has 2 atom stereocenters. The Morgan fingerprint density at radius 2 is 2.43 bits per heavy atom. The van der Waals surface area contributed by atoms with E-state index in [0.717, 1.165) is 0 Å². The molecule has 0 aromatic heterocycles. The van der Waals surface area contributed by atoms with E-state index in [1.54, 1.807) is 0 Å². The first-order valence-corrected chi connectivity index (χ1v) is 3.22. The largest absolute Gasteiger partial charge is 0.302 e. The lowest BCUT2D eigenvalue weighted by Crippen LogP contribution is -2.14. The fraction of sp³-hybridized carbons (Fsp3) is 1.00. The van der Waals surface area contributed by atoms with Crippen molar-refractivity contribution in [3.05, 3.63) is 0 Å². The van der Waals surface area contributed by atoms with Crippen LogP contribution in [0, 0.1) is 0 Å². The molecule has 0 aromatic carbocycles. The van der Waals surface area contributed by atoms with Crippen LogP contribution >= 0.6 is 15.9 Å². The van der Waals surface area contributed by atoms with E-state index in [1.807, 2.05) is 0 Å². The fourth-order valence-corrected chi connectivity index (χ4v) is 1.24. The molecule has 7 heavy (non-hydrogen) atoms. The standard InChI is InChI=1S/C4H7BrFN/c5-4-1-3(6)2-7-4/h3-4,7H,1-2H2. The molecule has 1 fully saturated rings. The van der Waals surface area contributed by atoms with Crippen molar-refractivity contribution in [3.63, 3.8) is 0 Å². The van der Waals surface area contributed by atoms with Gasteiger partial charge in [-0.25, -0.2) is 4.39 Å². The number of nitrogens with one attached hydrogen (secondary N) is 1. The summed E-state index contributed by atoms with van der Waals surface area (Å²) in [5.41, 5.74) is 0. The van der Waals surface area contributed by atoms with Crippen LogP contribution < -0.4 is 5.32 Å². The fourth-order valence-electron chi connectivity index (χ4n) is 0.647. The van der Waals surface area contributed by atoms with Crippen LogP contribution in [-0.4, -0.2) is 17.7 Å². The smallest absolute Gasteiger partial charge is 0.115 e. The molecule has 1 heterocycles. The Kier molecular flexibility index (Phi) is 1.65. The van der Waals surface area contributed by atoms with Crippen molar-refractivity contribution in [2.45, 2.75) is 17.5 Å². The first-order chi connectivity index (χ1) is 3.29. The lowest BCUT2D eigenvalue weighted by Gasteiger charge is -1.92. The molecule has 42 valence electrons. The van der Waals surface area contributed by atoms with Crippen LogP contribution in [0.2, 0.25) is 0 Å². The Balaban J connectivity index is 2.26. The topological polar surface area (TPSA) is 12.0 Å². The minimum Gasteiger partial charge on any atom is -0.302 e. The molecule has 1 rings (SSSR count). The first kappa shape index (κ1) is 5.51. The van der Waals surface area contributed by atoms with E-state index in [1.165, 1.54) is 0 Å². The van der Waals surface area contributed by atoms with E-state index in [0.29, 0.717) is 13.0 Å². The molecule has 0 aromatic rings. The highest BCUT2D eigenvalue weighted by atomic mass is 79.9. The van der Waals surface area contributed by atoms with Gasteiger partial charge in [-0.3, -0.25) is 0 Å². The van der Waals surface area contributed by atoms with Gasteiger partial charge in [-0.2, -0.15) is 0 Å². The summed E-state index contributed by atoms with van der Waals surface area (Å²) < 4.78 is 12.1. The van der Waals surface area contributed by atoms with Crippen molar-refractivity contribution in [1.82, 2.24) is 5.32 Å². The van der Waals surface area contributed by atoms with Crippen LogP contribution in [-0.2, 0) is 0 Å². The molecule has 1 N–H and O–H groups in total. The molecule has 0 amide bonds. The third-order valence-corrected chi connectivity index (χ3v) is 1.72. The second kappa shape index (κ2) is 2.09. The van der Waals surface area contributed by atoms with Gasteiger partial charge < -0.3 is 5.32 Å². The lowest BCUT2D eigenvalue weighted by molar-refractivity contribution is 0.360. The summed E-state index contributed by atoms with van der Waals surface area (Å²) in [4.78, 5) is 0.211. The third-order valence-electron chi connectivity index (χ3n) is 1.02. The van der Waals surface area contributed by atoms with Gasteiger partial charge in [-0.05, 0) is 0 Å². The Labute approximate surface area is 50.4 Å². The van der Waals surface area contributed by atoms with Gasteiger partial charge >= 0.3 is 0 Å². The molecule has 0 radical (unpaired) electrons. The van der Waals surface area contributed by atoms with E-state index in [-0.39, 0.29) is 4.95 Å². The zero-order valence-electron chi connectivity index (χ0n) is 3.82. The van der Waals surface area contributed by atoms with Gasteiger partial charge in [0.05, 0.1) is 4.95 Å².